The zero-order valence-corrected chi connectivity index (χ0v) is 12.4. The molecule has 0 amide bonds. The quantitative estimate of drug-likeness (QED) is 0.913. The number of hydrogen-bond acceptors (Lipinski definition) is 3. The van der Waals surface area contributed by atoms with Crippen LogP contribution in [0.25, 0.3) is 0 Å². The van der Waals surface area contributed by atoms with Gasteiger partial charge in [0.1, 0.15) is 0 Å². The lowest BCUT2D eigenvalue weighted by molar-refractivity contribution is 0.161. The van der Waals surface area contributed by atoms with Crippen LogP contribution < -0.4 is 5.73 Å². The van der Waals surface area contributed by atoms with Gasteiger partial charge in [-0.1, -0.05) is 30.7 Å². The molecule has 2 saturated heterocycles. The van der Waals surface area contributed by atoms with Gasteiger partial charge in [0.25, 0.3) is 0 Å². The van der Waals surface area contributed by atoms with Crippen LogP contribution in [0.4, 0.5) is 0 Å². The van der Waals surface area contributed by atoms with Crippen LogP contribution in [0, 0.1) is 0 Å². The molecule has 3 heteroatoms. The Bertz CT molecular complexity index is 409. The summed E-state index contributed by atoms with van der Waals surface area (Å²) in [7, 11) is 0. The molecule has 1 aromatic rings. The van der Waals surface area contributed by atoms with Crippen molar-refractivity contribution in [2.45, 2.75) is 44.8 Å². The first-order chi connectivity index (χ1) is 9.85. The second kappa shape index (κ2) is 6.70. The van der Waals surface area contributed by atoms with Crippen LogP contribution in [0.5, 0.6) is 0 Å². The number of nitrogens with two attached hydrogens (primary N) is 1. The van der Waals surface area contributed by atoms with Crippen LogP contribution >= 0.6 is 0 Å². The van der Waals surface area contributed by atoms with E-state index in [9.17, 15) is 0 Å². The summed E-state index contributed by atoms with van der Waals surface area (Å²) in [6.45, 7) is 6.88. The van der Waals surface area contributed by atoms with Gasteiger partial charge in [0.2, 0.25) is 0 Å². The van der Waals surface area contributed by atoms with Crippen molar-refractivity contribution in [3.63, 3.8) is 0 Å². The maximum atomic E-state index is 5.65. The van der Waals surface area contributed by atoms with E-state index >= 15 is 0 Å². The van der Waals surface area contributed by atoms with Crippen molar-refractivity contribution < 1.29 is 0 Å². The Labute approximate surface area is 122 Å². The Morgan fingerprint density at radius 2 is 1.65 bits per heavy atom. The fourth-order valence-corrected chi connectivity index (χ4v) is 3.58. The summed E-state index contributed by atoms with van der Waals surface area (Å²) in [5.41, 5.74) is 8.29. The van der Waals surface area contributed by atoms with E-state index in [2.05, 4.69) is 34.1 Å². The normalized spacial score (nSPS) is 25.1. The molecule has 3 rings (SSSR count). The largest absolute Gasteiger partial charge is 0.326 e. The Morgan fingerprint density at radius 3 is 2.35 bits per heavy atom. The Hall–Kier alpha value is -0.900. The third-order valence-electron chi connectivity index (χ3n) is 4.82. The van der Waals surface area contributed by atoms with Gasteiger partial charge in [0.05, 0.1) is 0 Å². The minimum Gasteiger partial charge on any atom is -0.326 e. The number of rotatable bonds is 4. The van der Waals surface area contributed by atoms with Gasteiger partial charge >= 0.3 is 0 Å². The molecule has 110 valence electrons. The maximum Gasteiger partial charge on any atom is 0.0235 e. The van der Waals surface area contributed by atoms with E-state index in [0.717, 1.165) is 12.6 Å². The molecule has 0 radical (unpaired) electrons. The number of nitrogens with zero attached hydrogens (tertiary/aromatic N) is 2. The molecule has 3 nitrogen and oxygen atoms in total. The van der Waals surface area contributed by atoms with E-state index in [0.29, 0.717) is 6.54 Å². The van der Waals surface area contributed by atoms with Gasteiger partial charge in [-0.25, -0.2) is 0 Å². The van der Waals surface area contributed by atoms with Crippen LogP contribution in [0.15, 0.2) is 24.3 Å². The lowest BCUT2D eigenvalue weighted by Gasteiger charge is -2.32. The minimum absolute atomic E-state index is 0.640. The molecule has 1 aromatic carbocycles. The molecule has 1 atom stereocenters. The summed E-state index contributed by atoms with van der Waals surface area (Å²) in [5, 5.41) is 0. The summed E-state index contributed by atoms with van der Waals surface area (Å²) in [5.74, 6) is 0. The molecule has 20 heavy (non-hydrogen) atoms. The van der Waals surface area contributed by atoms with Gasteiger partial charge < -0.3 is 5.73 Å². The van der Waals surface area contributed by atoms with Gasteiger partial charge in [-0.3, -0.25) is 9.80 Å². The molecule has 0 bridgehead atoms. The van der Waals surface area contributed by atoms with Crippen molar-refractivity contribution in [1.82, 2.24) is 9.80 Å². The highest BCUT2D eigenvalue weighted by molar-refractivity contribution is 5.22. The first kappa shape index (κ1) is 14.1. The molecule has 0 spiro atoms. The van der Waals surface area contributed by atoms with Crippen molar-refractivity contribution >= 4 is 0 Å². The van der Waals surface area contributed by atoms with Crippen molar-refractivity contribution in [2.24, 2.45) is 5.73 Å². The zero-order valence-electron chi connectivity index (χ0n) is 12.4. The second-order valence-electron chi connectivity index (χ2n) is 6.29. The SMILES string of the molecule is NCc1ccc(CN2CCC(N3CCCCC3)C2)cc1. The topological polar surface area (TPSA) is 32.5 Å². The smallest absolute Gasteiger partial charge is 0.0235 e. The highest BCUT2D eigenvalue weighted by Gasteiger charge is 2.28. The molecule has 0 aliphatic carbocycles. The lowest BCUT2D eigenvalue weighted by atomic mass is 10.1. The van der Waals surface area contributed by atoms with Gasteiger partial charge in [0.15, 0.2) is 0 Å². The summed E-state index contributed by atoms with van der Waals surface area (Å²) < 4.78 is 0. The van der Waals surface area contributed by atoms with Gasteiger partial charge in [-0.05, 0) is 43.5 Å². The maximum absolute atomic E-state index is 5.65. The van der Waals surface area contributed by atoms with E-state index in [1.807, 2.05) is 0 Å². The number of piperidine rings is 1. The van der Waals surface area contributed by atoms with Crippen molar-refractivity contribution in [1.29, 1.82) is 0 Å². The molecule has 2 aliphatic heterocycles. The van der Waals surface area contributed by atoms with Crippen LogP contribution in [-0.2, 0) is 13.1 Å². The number of likely N-dealkylation sites (tertiary alicyclic amines) is 2. The highest BCUT2D eigenvalue weighted by atomic mass is 15.3. The number of benzene rings is 1. The van der Waals surface area contributed by atoms with Crippen LogP contribution in [0.2, 0.25) is 0 Å². The Morgan fingerprint density at radius 1 is 0.950 bits per heavy atom. The molecule has 0 aromatic heterocycles. The third kappa shape index (κ3) is 3.40. The summed E-state index contributed by atoms with van der Waals surface area (Å²) in [6, 6.07) is 9.59. The van der Waals surface area contributed by atoms with Crippen molar-refractivity contribution in [3.05, 3.63) is 35.4 Å². The Balaban J connectivity index is 1.51. The van der Waals surface area contributed by atoms with Crippen LogP contribution in [0.1, 0.15) is 36.8 Å². The molecule has 2 heterocycles. The molecule has 1 unspecified atom stereocenters. The zero-order chi connectivity index (χ0) is 13.8. The average molecular weight is 273 g/mol. The van der Waals surface area contributed by atoms with E-state index in [1.54, 1.807) is 0 Å². The monoisotopic (exact) mass is 273 g/mol. The lowest BCUT2D eigenvalue weighted by Crippen LogP contribution is -2.40. The van der Waals surface area contributed by atoms with E-state index in [1.165, 1.54) is 63.0 Å². The molecule has 2 N–H and O–H groups in total. The predicted molar refractivity (Wildman–Crippen MR) is 83.4 cm³/mol. The Kier molecular flexibility index (Phi) is 4.71. The average Bonchev–Trinajstić information content (AvgIpc) is 2.97. The fourth-order valence-electron chi connectivity index (χ4n) is 3.58. The molecule has 2 fully saturated rings. The first-order valence-electron chi connectivity index (χ1n) is 8.09. The summed E-state index contributed by atoms with van der Waals surface area (Å²) in [6.07, 6.45) is 5.58. The molecule has 2 aliphatic rings. The van der Waals surface area contributed by atoms with Crippen LogP contribution in [-0.4, -0.2) is 42.0 Å². The van der Waals surface area contributed by atoms with Crippen molar-refractivity contribution in [3.8, 4) is 0 Å². The van der Waals surface area contributed by atoms with Crippen LogP contribution in [0.3, 0.4) is 0 Å². The van der Waals surface area contributed by atoms with E-state index in [4.69, 9.17) is 5.73 Å². The predicted octanol–water partition coefficient (Wildman–Crippen LogP) is 2.21. The van der Waals surface area contributed by atoms with E-state index < -0.39 is 0 Å². The minimum atomic E-state index is 0.640. The van der Waals surface area contributed by atoms with Gasteiger partial charge in [0, 0.05) is 32.2 Å². The summed E-state index contributed by atoms with van der Waals surface area (Å²) >= 11 is 0. The summed E-state index contributed by atoms with van der Waals surface area (Å²) in [4.78, 5) is 5.33. The molecule has 0 saturated carbocycles. The van der Waals surface area contributed by atoms with Gasteiger partial charge in [-0.15, -0.1) is 0 Å². The standard InChI is InChI=1S/C17H27N3/c18-12-15-4-6-16(7-5-15)13-19-11-8-17(14-19)20-9-2-1-3-10-20/h4-7,17H,1-3,8-14,18H2. The second-order valence-corrected chi connectivity index (χ2v) is 6.29. The number of hydrogen-bond donors (Lipinski definition) is 1. The molecular formula is C17H27N3. The van der Waals surface area contributed by atoms with E-state index in [-0.39, 0.29) is 0 Å². The third-order valence-corrected chi connectivity index (χ3v) is 4.82. The van der Waals surface area contributed by atoms with Crippen molar-refractivity contribution in [2.75, 3.05) is 26.2 Å². The highest BCUT2D eigenvalue weighted by Crippen LogP contribution is 2.21. The van der Waals surface area contributed by atoms with Gasteiger partial charge in [-0.2, -0.15) is 0 Å². The first-order valence-corrected chi connectivity index (χ1v) is 8.09. The molecular weight excluding hydrogens is 246 g/mol. The fraction of sp³-hybridized carbons (Fsp3) is 0.647.